The molecule has 0 unspecified atom stereocenters. The van der Waals surface area contributed by atoms with Gasteiger partial charge in [0.1, 0.15) is 12.4 Å². The number of benzene rings is 2. The van der Waals surface area contributed by atoms with Crippen LogP contribution < -0.4 is 4.74 Å². The van der Waals surface area contributed by atoms with Crippen LogP contribution in [0.4, 0.5) is 5.13 Å². The number of hydrogen-bond donors (Lipinski definition) is 0. The minimum Gasteiger partial charge on any atom is -0.488 e. The van der Waals surface area contributed by atoms with Crippen LogP contribution in [0.5, 0.6) is 5.75 Å². The lowest BCUT2D eigenvalue weighted by molar-refractivity contribution is -0.121. The number of rotatable bonds is 5. The first-order valence-electron chi connectivity index (χ1n) is 9.03. The van der Waals surface area contributed by atoms with Crippen LogP contribution in [0.3, 0.4) is 0 Å². The lowest BCUT2D eigenvalue weighted by Crippen LogP contribution is -2.23. The molecule has 0 aliphatic carbocycles. The fraction of sp³-hybridized carbons (Fsp3) is 0.136. The van der Waals surface area contributed by atoms with Crippen molar-refractivity contribution in [2.75, 3.05) is 7.05 Å². The van der Waals surface area contributed by atoms with Crippen molar-refractivity contribution in [1.29, 1.82) is 0 Å². The van der Waals surface area contributed by atoms with Crippen LogP contribution in [0.15, 0.2) is 70.0 Å². The van der Waals surface area contributed by atoms with Crippen molar-refractivity contribution in [3.63, 3.8) is 0 Å². The largest absolute Gasteiger partial charge is 0.488 e. The van der Waals surface area contributed by atoms with E-state index in [0.29, 0.717) is 21.8 Å². The molecule has 7 heteroatoms. The highest BCUT2D eigenvalue weighted by Crippen LogP contribution is 2.35. The number of likely N-dealkylation sites (N-methyl/N-ethyl adjacent to an activating group) is 1. The Bertz CT molecular complexity index is 1070. The molecule has 1 aliphatic heterocycles. The normalized spacial score (nSPS) is 16.8. The maximum absolute atomic E-state index is 12.7. The van der Waals surface area contributed by atoms with Gasteiger partial charge in [0.2, 0.25) is 5.13 Å². The second-order valence-corrected chi connectivity index (χ2v) is 8.38. The fourth-order valence-electron chi connectivity index (χ4n) is 2.72. The molecule has 0 saturated carbocycles. The maximum atomic E-state index is 12.7. The molecule has 5 nitrogen and oxygen atoms in total. The summed E-state index contributed by atoms with van der Waals surface area (Å²) in [5, 5.41) is 3.11. The van der Waals surface area contributed by atoms with Crippen LogP contribution in [0, 0.1) is 6.92 Å². The van der Waals surface area contributed by atoms with E-state index < -0.39 is 0 Å². The van der Waals surface area contributed by atoms with Gasteiger partial charge in [0.05, 0.1) is 4.91 Å². The van der Waals surface area contributed by atoms with Gasteiger partial charge in [-0.25, -0.2) is 4.98 Å². The molecule has 0 bridgehead atoms. The van der Waals surface area contributed by atoms with E-state index >= 15 is 0 Å². The quantitative estimate of drug-likeness (QED) is 0.527. The Labute approximate surface area is 177 Å². The summed E-state index contributed by atoms with van der Waals surface area (Å²) in [6.07, 6.45) is 3.56. The van der Waals surface area contributed by atoms with E-state index in [9.17, 15) is 4.79 Å². The highest BCUT2D eigenvalue weighted by Gasteiger charge is 2.30. The number of aliphatic imine (C=N–C) groups is 1. The maximum Gasteiger partial charge on any atom is 0.266 e. The summed E-state index contributed by atoms with van der Waals surface area (Å²) >= 11 is 2.78. The van der Waals surface area contributed by atoms with Crippen LogP contribution in [-0.2, 0) is 11.4 Å². The summed E-state index contributed by atoms with van der Waals surface area (Å²) in [5.74, 6) is 0.653. The Morgan fingerprint density at radius 2 is 1.97 bits per heavy atom. The zero-order valence-electron chi connectivity index (χ0n) is 16.0. The lowest BCUT2D eigenvalue weighted by atomic mass is 10.1. The molecule has 0 N–H and O–H groups in total. The van der Waals surface area contributed by atoms with Gasteiger partial charge in [0.25, 0.3) is 5.91 Å². The van der Waals surface area contributed by atoms with E-state index in [0.717, 1.165) is 16.9 Å². The average molecular weight is 422 g/mol. The van der Waals surface area contributed by atoms with Crippen LogP contribution in [0.1, 0.15) is 16.7 Å². The topological polar surface area (TPSA) is 54.8 Å². The summed E-state index contributed by atoms with van der Waals surface area (Å²) in [6.45, 7) is 2.53. The minimum atomic E-state index is -0.0846. The SMILES string of the molecule is Cc1ccc(COc2ccccc2/C=C2\S/C(=N/c3nccs3)N(C)C2=O)cc1. The molecule has 0 spiro atoms. The number of carbonyl (C=O) groups excluding carboxylic acids is 1. The molecule has 1 saturated heterocycles. The molecule has 29 heavy (non-hydrogen) atoms. The summed E-state index contributed by atoms with van der Waals surface area (Å²) in [5.41, 5.74) is 3.18. The number of amidine groups is 1. The van der Waals surface area contributed by atoms with Crippen LogP contribution >= 0.6 is 23.1 Å². The molecule has 0 atom stereocenters. The Hall–Kier alpha value is -2.90. The minimum absolute atomic E-state index is 0.0846. The van der Waals surface area contributed by atoms with E-state index in [1.165, 1.54) is 28.7 Å². The second-order valence-electron chi connectivity index (χ2n) is 6.50. The predicted molar refractivity (Wildman–Crippen MR) is 120 cm³/mol. The summed E-state index contributed by atoms with van der Waals surface area (Å²) in [6, 6.07) is 16.0. The van der Waals surface area contributed by atoms with E-state index in [2.05, 4.69) is 41.2 Å². The monoisotopic (exact) mass is 421 g/mol. The third kappa shape index (κ3) is 4.58. The van der Waals surface area contributed by atoms with Gasteiger partial charge in [-0.3, -0.25) is 9.69 Å². The number of nitrogens with zero attached hydrogens (tertiary/aromatic N) is 3. The molecular weight excluding hydrogens is 402 g/mol. The highest BCUT2D eigenvalue weighted by molar-refractivity contribution is 8.18. The number of hydrogen-bond acceptors (Lipinski definition) is 6. The molecule has 1 amide bonds. The predicted octanol–water partition coefficient (Wildman–Crippen LogP) is 5.26. The van der Waals surface area contributed by atoms with Crippen molar-refractivity contribution in [3.05, 3.63) is 81.7 Å². The van der Waals surface area contributed by atoms with E-state index in [1.54, 1.807) is 18.1 Å². The van der Waals surface area contributed by atoms with Gasteiger partial charge in [-0.15, -0.1) is 11.3 Å². The van der Waals surface area contributed by atoms with Gasteiger partial charge in [0.15, 0.2) is 5.17 Å². The number of thioether (sulfide) groups is 1. The smallest absolute Gasteiger partial charge is 0.266 e. The standard InChI is InChI=1S/C22H19N3O2S2/c1-15-7-9-16(10-8-15)14-27-18-6-4-3-5-17(18)13-19-20(26)25(2)22(29-19)24-21-23-11-12-28-21/h3-13H,14H2,1-2H3/b19-13-,24-22+. The molecule has 4 rings (SSSR count). The van der Waals surface area contributed by atoms with Crippen molar-refractivity contribution in [1.82, 2.24) is 9.88 Å². The number of carbonyl (C=O) groups is 1. The van der Waals surface area contributed by atoms with Crippen molar-refractivity contribution in [2.45, 2.75) is 13.5 Å². The number of amides is 1. The van der Waals surface area contributed by atoms with Crippen molar-refractivity contribution < 1.29 is 9.53 Å². The average Bonchev–Trinajstić information content (AvgIpc) is 3.33. The molecule has 3 aromatic rings. The summed E-state index contributed by atoms with van der Waals surface area (Å²) in [4.78, 5) is 23.5. The van der Waals surface area contributed by atoms with Crippen LogP contribution in [0.2, 0.25) is 0 Å². The molecular formula is C22H19N3O2S2. The van der Waals surface area contributed by atoms with E-state index in [-0.39, 0.29) is 5.91 Å². The third-order valence-electron chi connectivity index (χ3n) is 4.33. The Balaban J connectivity index is 1.55. The van der Waals surface area contributed by atoms with Crippen molar-refractivity contribution in [3.8, 4) is 5.75 Å². The molecule has 1 fully saturated rings. The third-order valence-corrected chi connectivity index (χ3v) is 6.06. The molecule has 1 aliphatic rings. The lowest BCUT2D eigenvalue weighted by Gasteiger charge is -2.10. The van der Waals surface area contributed by atoms with Crippen LogP contribution in [-0.4, -0.2) is 28.0 Å². The number of ether oxygens (including phenoxy) is 1. The van der Waals surface area contributed by atoms with Gasteiger partial charge in [0, 0.05) is 24.2 Å². The van der Waals surface area contributed by atoms with Gasteiger partial charge in [-0.1, -0.05) is 48.0 Å². The van der Waals surface area contributed by atoms with Crippen LogP contribution in [0.25, 0.3) is 6.08 Å². The van der Waals surface area contributed by atoms with Gasteiger partial charge < -0.3 is 4.74 Å². The van der Waals surface area contributed by atoms with Gasteiger partial charge in [-0.05, 0) is 36.4 Å². The molecule has 1 aromatic heterocycles. The van der Waals surface area contributed by atoms with Gasteiger partial charge in [-0.2, -0.15) is 4.99 Å². The summed E-state index contributed by atoms with van der Waals surface area (Å²) < 4.78 is 6.03. The van der Waals surface area contributed by atoms with Crippen molar-refractivity contribution in [2.24, 2.45) is 4.99 Å². The first-order chi connectivity index (χ1) is 14.1. The number of thiazole rings is 1. The number of para-hydroxylation sites is 1. The van der Waals surface area contributed by atoms with E-state index in [4.69, 9.17) is 4.74 Å². The zero-order chi connectivity index (χ0) is 20.2. The fourth-order valence-corrected chi connectivity index (χ4v) is 4.24. The zero-order valence-corrected chi connectivity index (χ0v) is 17.7. The molecule has 0 radical (unpaired) electrons. The first kappa shape index (κ1) is 19.4. The highest BCUT2D eigenvalue weighted by atomic mass is 32.2. The molecule has 146 valence electrons. The Morgan fingerprint density at radius 3 is 2.72 bits per heavy atom. The van der Waals surface area contributed by atoms with Gasteiger partial charge >= 0.3 is 0 Å². The second kappa shape index (κ2) is 8.63. The van der Waals surface area contributed by atoms with E-state index in [1.807, 2.05) is 35.7 Å². The Kier molecular flexibility index (Phi) is 5.78. The molecule has 2 heterocycles. The first-order valence-corrected chi connectivity index (χ1v) is 10.7. The molecule has 2 aromatic carbocycles. The summed E-state index contributed by atoms with van der Waals surface area (Å²) in [7, 11) is 1.72. The van der Waals surface area contributed by atoms with Crippen molar-refractivity contribution >= 4 is 45.4 Å². The number of aromatic nitrogens is 1. The number of aryl methyl sites for hydroxylation is 1. The Morgan fingerprint density at radius 1 is 1.17 bits per heavy atom.